The lowest BCUT2D eigenvalue weighted by molar-refractivity contribution is 0.659. The lowest BCUT2D eigenvalue weighted by Crippen LogP contribution is -2.04. The molecule has 0 N–H and O–H groups in total. The van der Waals surface area contributed by atoms with Crippen LogP contribution in [0.2, 0.25) is 0 Å². The molecule has 0 saturated heterocycles. The summed E-state index contributed by atoms with van der Waals surface area (Å²) in [7, 11) is 0. The number of hydrogen-bond acceptors (Lipinski definition) is 2. The Labute approximate surface area is 113 Å². The standard InChI is InChI=1S/C14H18ClN3/c1-4-7-18-13(9-15)16-17-14(18)12-6-5-10(2)11(3)8-12/h5-6,8H,4,7,9H2,1-3H3. The van der Waals surface area contributed by atoms with Gasteiger partial charge in [-0.3, -0.25) is 0 Å². The van der Waals surface area contributed by atoms with E-state index >= 15 is 0 Å². The van der Waals surface area contributed by atoms with E-state index in [-0.39, 0.29) is 0 Å². The van der Waals surface area contributed by atoms with Crippen LogP contribution < -0.4 is 0 Å². The molecule has 2 rings (SSSR count). The van der Waals surface area contributed by atoms with E-state index < -0.39 is 0 Å². The van der Waals surface area contributed by atoms with Gasteiger partial charge in [0, 0.05) is 12.1 Å². The zero-order valence-corrected chi connectivity index (χ0v) is 11.8. The predicted octanol–water partition coefficient (Wildman–Crippen LogP) is 3.71. The van der Waals surface area contributed by atoms with E-state index in [2.05, 4.69) is 53.7 Å². The van der Waals surface area contributed by atoms with Crippen LogP contribution in [0.4, 0.5) is 0 Å². The minimum atomic E-state index is 0.401. The number of rotatable bonds is 4. The molecule has 0 spiro atoms. The summed E-state index contributed by atoms with van der Waals surface area (Å²) in [4.78, 5) is 0. The highest BCUT2D eigenvalue weighted by molar-refractivity contribution is 6.16. The molecule has 96 valence electrons. The lowest BCUT2D eigenvalue weighted by atomic mass is 10.1. The van der Waals surface area contributed by atoms with Crippen LogP contribution in [0, 0.1) is 13.8 Å². The van der Waals surface area contributed by atoms with E-state index in [1.54, 1.807) is 0 Å². The van der Waals surface area contributed by atoms with Crippen molar-refractivity contribution in [2.75, 3.05) is 0 Å². The fourth-order valence-corrected chi connectivity index (χ4v) is 2.18. The topological polar surface area (TPSA) is 30.7 Å². The van der Waals surface area contributed by atoms with Crippen LogP contribution in [0.15, 0.2) is 18.2 Å². The third kappa shape index (κ3) is 2.41. The molecule has 0 atom stereocenters. The van der Waals surface area contributed by atoms with E-state index in [1.165, 1.54) is 11.1 Å². The summed E-state index contributed by atoms with van der Waals surface area (Å²) in [6.07, 6.45) is 1.04. The smallest absolute Gasteiger partial charge is 0.163 e. The second kappa shape index (κ2) is 5.53. The number of nitrogens with zero attached hydrogens (tertiary/aromatic N) is 3. The Morgan fingerprint density at radius 3 is 2.56 bits per heavy atom. The molecule has 0 bridgehead atoms. The molecule has 3 nitrogen and oxygen atoms in total. The predicted molar refractivity (Wildman–Crippen MR) is 74.8 cm³/mol. The third-order valence-electron chi connectivity index (χ3n) is 3.16. The maximum atomic E-state index is 5.90. The van der Waals surface area contributed by atoms with Gasteiger partial charge in [0.1, 0.15) is 5.82 Å². The molecule has 0 aliphatic carbocycles. The van der Waals surface area contributed by atoms with Crippen LogP contribution in [0.3, 0.4) is 0 Å². The number of aryl methyl sites for hydroxylation is 2. The first-order valence-electron chi connectivity index (χ1n) is 6.23. The first-order valence-corrected chi connectivity index (χ1v) is 6.76. The second-order valence-corrected chi connectivity index (χ2v) is 4.79. The van der Waals surface area contributed by atoms with Crippen LogP contribution in [-0.2, 0) is 12.4 Å². The lowest BCUT2D eigenvalue weighted by Gasteiger charge is -2.09. The van der Waals surface area contributed by atoms with Crippen molar-refractivity contribution < 1.29 is 0 Å². The third-order valence-corrected chi connectivity index (χ3v) is 3.40. The molecule has 1 aromatic heterocycles. The van der Waals surface area contributed by atoms with Crippen molar-refractivity contribution in [2.24, 2.45) is 0 Å². The Hall–Kier alpha value is -1.35. The Kier molecular flexibility index (Phi) is 4.02. The van der Waals surface area contributed by atoms with Crippen molar-refractivity contribution in [1.82, 2.24) is 14.8 Å². The molecule has 0 fully saturated rings. The molecule has 0 saturated carbocycles. The van der Waals surface area contributed by atoms with Crippen LogP contribution in [0.25, 0.3) is 11.4 Å². The molecule has 18 heavy (non-hydrogen) atoms. The Morgan fingerprint density at radius 1 is 1.17 bits per heavy atom. The molecule has 0 aliphatic rings. The van der Waals surface area contributed by atoms with E-state index in [0.29, 0.717) is 5.88 Å². The van der Waals surface area contributed by atoms with Crippen molar-refractivity contribution in [2.45, 2.75) is 39.6 Å². The fourth-order valence-electron chi connectivity index (χ4n) is 1.99. The van der Waals surface area contributed by atoms with Crippen molar-refractivity contribution >= 4 is 11.6 Å². The van der Waals surface area contributed by atoms with Gasteiger partial charge in [0.25, 0.3) is 0 Å². The Morgan fingerprint density at radius 2 is 1.94 bits per heavy atom. The maximum Gasteiger partial charge on any atom is 0.163 e. The first-order chi connectivity index (χ1) is 8.67. The first kappa shape index (κ1) is 13.1. The number of alkyl halides is 1. The van der Waals surface area contributed by atoms with Crippen molar-refractivity contribution in [3.05, 3.63) is 35.2 Å². The quantitative estimate of drug-likeness (QED) is 0.788. The number of benzene rings is 1. The van der Waals surface area contributed by atoms with Crippen LogP contribution in [0.1, 0.15) is 30.3 Å². The summed E-state index contributed by atoms with van der Waals surface area (Å²) in [6.45, 7) is 7.27. The van der Waals surface area contributed by atoms with Gasteiger partial charge in [-0.25, -0.2) is 0 Å². The van der Waals surface area contributed by atoms with Gasteiger partial charge in [0.15, 0.2) is 5.82 Å². The molecule has 2 aromatic rings. The number of hydrogen-bond donors (Lipinski definition) is 0. The zero-order valence-electron chi connectivity index (χ0n) is 11.1. The van der Waals surface area contributed by atoms with Gasteiger partial charge in [-0.15, -0.1) is 21.8 Å². The molecular formula is C14H18ClN3. The molecule has 0 amide bonds. The second-order valence-electron chi connectivity index (χ2n) is 4.52. The van der Waals surface area contributed by atoms with Gasteiger partial charge in [-0.1, -0.05) is 19.1 Å². The molecule has 1 aromatic carbocycles. The Bertz CT molecular complexity index is 546. The highest BCUT2D eigenvalue weighted by Gasteiger charge is 2.12. The normalized spacial score (nSPS) is 10.9. The zero-order chi connectivity index (χ0) is 13.1. The van der Waals surface area contributed by atoms with Crippen LogP contribution in [0.5, 0.6) is 0 Å². The summed E-state index contributed by atoms with van der Waals surface area (Å²) in [5, 5.41) is 8.44. The van der Waals surface area contributed by atoms with Gasteiger partial charge >= 0.3 is 0 Å². The summed E-state index contributed by atoms with van der Waals surface area (Å²) in [6, 6.07) is 6.37. The van der Waals surface area contributed by atoms with Crippen molar-refractivity contribution in [3.8, 4) is 11.4 Å². The highest BCUT2D eigenvalue weighted by Crippen LogP contribution is 2.22. The van der Waals surface area contributed by atoms with Crippen LogP contribution in [-0.4, -0.2) is 14.8 Å². The molecule has 0 unspecified atom stereocenters. The van der Waals surface area contributed by atoms with Crippen LogP contribution >= 0.6 is 11.6 Å². The average Bonchev–Trinajstić information content (AvgIpc) is 2.76. The largest absolute Gasteiger partial charge is 0.310 e. The average molecular weight is 264 g/mol. The van der Waals surface area contributed by atoms with E-state index in [9.17, 15) is 0 Å². The van der Waals surface area contributed by atoms with E-state index in [0.717, 1.165) is 30.2 Å². The molecule has 1 heterocycles. The number of aromatic nitrogens is 3. The van der Waals surface area contributed by atoms with Crippen molar-refractivity contribution in [3.63, 3.8) is 0 Å². The van der Waals surface area contributed by atoms with E-state index in [1.807, 2.05) is 0 Å². The summed E-state index contributed by atoms with van der Waals surface area (Å²) in [5.74, 6) is 2.15. The van der Waals surface area contributed by atoms with Gasteiger partial charge in [-0.2, -0.15) is 0 Å². The summed E-state index contributed by atoms with van der Waals surface area (Å²) >= 11 is 5.90. The number of halogens is 1. The summed E-state index contributed by atoms with van der Waals surface area (Å²) in [5.41, 5.74) is 3.67. The van der Waals surface area contributed by atoms with Crippen molar-refractivity contribution in [1.29, 1.82) is 0 Å². The van der Waals surface area contributed by atoms with Gasteiger partial charge in [0.2, 0.25) is 0 Å². The SMILES string of the molecule is CCCn1c(CCl)nnc1-c1ccc(C)c(C)c1. The van der Waals surface area contributed by atoms with Gasteiger partial charge in [-0.05, 0) is 37.5 Å². The minimum Gasteiger partial charge on any atom is -0.310 e. The van der Waals surface area contributed by atoms with Gasteiger partial charge in [0.05, 0.1) is 5.88 Å². The van der Waals surface area contributed by atoms with Gasteiger partial charge < -0.3 is 4.57 Å². The maximum absolute atomic E-state index is 5.90. The van der Waals surface area contributed by atoms with E-state index in [4.69, 9.17) is 11.6 Å². The Balaban J connectivity index is 2.49. The highest BCUT2D eigenvalue weighted by atomic mass is 35.5. The minimum absolute atomic E-state index is 0.401. The summed E-state index contributed by atoms with van der Waals surface area (Å²) < 4.78 is 2.11. The fraction of sp³-hybridized carbons (Fsp3) is 0.429. The monoisotopic (exact) mass is 263 g/mol. The molecule has 0 radical (unpaired) electrons. The molecule has 4 heteroatoms. The molecular weight excluding hydrogens is 246 g/mol. The molecule has 0 aliphatic heterocycles.